The number of thiophene rings is 2. The van der Waals surface area contributed by atoms with E-state index in [4.69, 9.17) is 0 Å². The van der Waals surface area contributed by atoms with Crippen LogP contribution in [0.25, 0.3) is 64.0 Å². The number of hydrogen-bond acceptors (Lipinski definition) is 2. The number of hydrogen-bond donors (Lipinski definition) is 0. The summed E-state index contributed by atoms with van der Waals surface area (Å²) in [5.41, 5.74) is 2.71. The minimum atomic E-state index is 1.31. The van der Waals surface area contributed by atoms with Gasteiger partial charge in [0.1, 0.15) is 0 Å². The third-order valence-corrected chi connectivity index (χ3v) is 7.97. The lowest BCUT2D eigenvalue weighted by atomic mass is 9.85. The van der Waals surface area contributed by atoms with E-state index in [2.05, 4.69) is 95.7 Å². The standard InChI is InChI=1S/C28H16S2/c1-6-17-7-2-11-21-25(17)19(9-1)20-10-3-8-18-16-22(23-12-4-14-29-23)27(28(21)26(18)20)24-13-5-15-30-24/h1-16H. The molecule has 0 unspecified atom stereocenters. The van der Waals surface area contributed by atoms with E-state index in [-0.39, 0.29) is 0 Å². The predicted octanol–water partition coefficient (Wildman–Crippen LogP) is 9.19. The van der Waals surface area contributed by atoms with Crippen LogP contribution in [-0.4, -0.2) is 0 Å². The summed E-state index contributed by atoms with van der Waals surface area (Å²) in [4.78, 5) is 2.66. The average molecular weight is 417 g/mol. The van der Waals surface area contributed by atoms with E-state index in [1.165, 1.54) is 64.0 Å². The topological polar surface area (TPSA) is 0 Å². The monoisotopic (exact) mass is 416 g/mol. The van der Waals surface area contributed by atoms with Crippen molar-refractivity contribution in [3.8, 4) is 20.9 Å². The molecule has 140 valence electrons. The second kappa shape index (κ2) is 6.15. The van der Waals surface area contributed by atoms with Crippen LogP contribution in [0.1, 0.15) is 0 Å². The summed E-state index contributed by atoms with van der Waals surface area (Å²) in [7, 11) is 0. The molecule has 0 bridgehead atoms. The molecule has 0 radical (unpaired) electrons. The summed E-state index contributed by atoms with van der Waals surface area (Å²) < 4.78 is 0. The molecule has 0 saturated heterocycles. The quantitative estimate of drug-likeness (QED) is 0.195. The average Bonchev–Trinajstić information content (AvgIpc) is 3.51. The molecule has 5 aromatic carbocycles. The van der Waals surface area contributed by atoms with Gasteiger partial charge in [-0.1, -0.05) is 66.7 Å². The van der Waals surface area contributed by atoms with Crippen molar-refractivity contribution in [3.63, 3.8) is 0 Å². The molecule has 0 N–H and O–H groups in total. The lowest BCUT2D eigenvalue weighted by Crippen LogP contribution is -1.91. The molecule has 0 fully saturated rings. The maximum absolute atomic E-state index is 2.40. The van der Waals surface area contributed by atoms with Gasteiger partial charge in [0.25, 0.3) is 0 Å². The molecule has 0 aliphatic rings. The Morgan fingerprint density at radius 1 is 0.467 bits per heavy atom. The van der Waals surface area contributed by atoms with E-state index >= 15 is 0 Å². The van der Waals surface area contributed by atoms with Gasteiger partial charge in [-0.25, -0.2) is 0 Å². The molecule has 0 atom stereocenters. The normalized spacial score (nSPS) is 12.0. The Hall–Kier alpha value is -3.20. The van der Waals surface area contributed by atoms with Crippen LogP contribution in [0.5, 0.6) is 0 Å². The van der Waals surface area contributed by atoms with Crippen molar-refractivity contribution in [2.75, 3.05) is 0 Å². The molecule has 2 heteroatoms. The fourth-order valence-corrected chi connectivity index (χ4v) is 6.57. The first-order chi connectivity index (χ1) is 14.9. The van der Waals surface area contributed by atoms with Gasteiger partial charge in [-0.3, -0.25) is 0 Å². The minimum Gasteiger partial charge on any atom is -0.144 e. The summed E-state index contributed by atoms with van der Waals surface area (Å²) in [5, 5.41) is 15.2. The molecule has 0 aliphatic heterocycles. The minimum absolute atomic E-state index is 1.31. The molecule has 0 nitrogen and oxygen atoms in total. The van der Waals surface area contributed by atoms with Crippen LogP contribution in [0.3, 0.4) is 0 Å². The fourth-order valence-electron chi connectivity index (χ4n) is 5.03. The molecular weight excluding hydrogens is 400 g/mol. The van der Waals surface area contributed by atoms with E-state index in [1.54, 1.807) is 0 Å². The first kappa shape index (κ1) is 16.6. The second-order valence-corrected chi connectivity index (χ2v) is 9.64. The maximum atomic E-state index is 2.40. The van der Waals surface area contributed by atoms with Crippen molar-refractivity contribution in [1.29, 1.82) is 0 Å². The molecule has 0 saturated carbocycles. The maximum Gasteiger partial charge on any atom is 0.0355 e. The zero-order valence-electron chi connectivity index (χ0n) is 16.1. The van der Waals surface area contributed by atoms with Crippen LogP contribution in [-0.2, 0) is 0 Å². The molecule has 7 aromatic rings. The molecule has 7 rings (SSSR count). The van der Waals surface area contributed by atoms with Gasteiger partial charge < -0.3 is 0 Å². The molecule has 30 heavy (non-hydrogen) atoms. The van der Waals surface area contributed by atoms with Gasteiger partial charge in [0.2, 0.25) is 0 Å². The van der Waals surface area contributed by atoms with Crippen molar-refractivity contribution >= 4 is 65.8 Å². The molecule has 0 aliphatic carbocycles. The largest absolute Gasteiger partial charge is 0.144 e. The van der Waals surface area contributed by atoms with E-state index in [9.17, 15) is 0 Å². The van der Waals surface area contributed by atoms with Gasteiger partial charge in [0, 0.05) is 26.3 Å². The van der Waals surface area contributed by atoms with Crippen LogP contribution in [0, 0.1) is 0 Å². The highest BCUT2D eigenvalue weighted by atomic mass is 32.1. The Balaban J connectivity index is 1.86. The lowest BCUT2D eigenvalue weighted by Gasteiger charge is -2.19. The summed E-state index contributed by atoms with van der Waals surface area (Å²) in [6.45, 7) is 0. The fraction of sp³-hybridized carbons (Fsp3) is 0. The highest BCUT2D eigenvalue weighted by Gasteiger charge is 2.20. The van der Waals surface area contributed by atoms with Gasteiger partial charge in [-0.15, -0.1) is 22.7 Å². The molecule has 0 spiro atoms. The number of fused-ring (bicyclic) bond motifs is 2. The zero-order valence-corrected chi connectivity index (χ0v) is 17.7. The molecule has 0 amide bonds. The predicted molar refractivity (Wildman–Crippen MR) is 134 cm³/mol. The van der Waals surface area contributed by atoms with Crippen LogP contribution < -0.4 is 0 Å². The Kier molecular flexibility index (Phi) is 3.40. The lowest BCUT2D eigenvalue weighted by molar-refractivity contribution is 1.76. The van der Waals surface area contributed by atoms with Crippen molar-refractivity contribution in [3.05, 3.63) is 95.7 Å². The third-order valence-electron chi connectivity index (χ3n) is 6.18. The SMILES string of the molecule is c1csc(-c2cc3cccc4c5cccc6cccc(c(c2-c2cccs2)c34)c65)c1. The first-order valence-corrected chi connectivity index (χ1v) is 11.9. The summed E-state index contributed by atoms with van der Waals surface area (Å²) in [6.07, 6.45) is 0. The van der Waals surface area contributed by atoms with Gasteiger partial charge in [-0.2, -0.15) is 0 Å². The summed E-state index contributed by atoms with van der Waals surface area (Å²) >= 11 is 3.65. The Morgan fingerprint density at radius 3 is 1.80 bits per heavy atom. The van der Waals surface area contributed by atoms with Gasteiger partial charge in [0.15, 0.2) is 0 Å². The molecular formula is C28H16S2. The van der Waals surface area contributed by atoms with E-state index in [0.29, 0.717) is 0 Å². The number of rotatable bonds is 2. The highest BCUT2D eigenvalue weighted by molar-refractivity contribution is 7.14. The first-order valence-electron chi connectivity index (χ1n) is 10.1. The smallest absolute Gasteiger partial charge is 0.0355 e. The van der Waals surface area contributed by atoms with Crippen molar-refractivity contribution < 1.29 is 0 Å². The van der Waals surface area contributed by atoms with Crippen LogP contribution >= 0.6 is 22.7 Å². The number of benzene rings is 5. The molecule has 2 aromatic heterocycles. The van der Waals surface area contributed by atoms with E-state index < -0.39 is 0 Å². The van der Waals surface area contributed by atoms with Crippen molar-refractivity contribution in [2.45, 2.75) is 0 Å². The van der Waals surface area contributed by atoms with Gasteiger partial charge >= 0.3 is 0 Å². The van der Waals surface area contributed by atoms with Crippen LogP contribution in [0.15, 0.2) is 95.7 Å². The zero-order chi connectivity index (χ0) is 19.7. The van der Waals surface area contributed by atoms with Crippen LogP contribution in [0.4, 0.5) is 0 Å². The Bertz CT molecular complexity index is 1660. The Morgan fingerprint density at radius 2 is 1.10 bits per heavy atom. The summed E-state index contributed by atoms with van der Waals surface area (Å²) in [5.74, 6) is 0. The van der Waals surface area contributed by atoms with Gasteiger partial charge in [-0.05, 0) is 66.7 Å². The van der Waals surface area contributed by atoms with Gasteiger partial charge in [0.05, 0.1) is 0 Å². The summed E-state index contributed by atoms with van der Waals surface area (Å²) in [6, 6.07) is 31.5. The van der Waals surface area contributed by atoms with Crippen LogP contribution in [0.2, 0.25) is 0 Å². The molecule has 2 heterocycles. The van der Waals surface area contributed by atoms with Crippen molar-refractivity contribution in [2.24, 2.45) is 0 Å². The highest BCUT2D eigenvalue weighted by Crippen LogP contribution is 2.49. The van der Waals surface area contributed by atoms with Crippen molar-refractivity contribution in [1.82, 2.24) is 0 Å². The second-order valence-electron chi connectivity index (χ2n) is 7.74. The van der Waals surface area contributed by atoms with E-state index in [1.807, 2.05) is 22.7 Å². The Labute approximate surface area is 182 Å². The van der Waals surface area contributed by atoms with E-state index in [0.717, 1.165) is 0 Å². The third kappa shape index (κ3) is 2.15.